The SMILES string of the molecule is O=C(/C=C/c1cn(Cc2ccccc2)nn1)N(Cc1cccs1)Cc1cccs1. The van der Waals surface area contributed by atoms with E-state index >= 15 is 0 Å². The van der Waals surface area contributed by atoms with Gasteiger partial charge in [-0.05, 0) is 34.5 Å². The van der Waals surface area contributed by atoms with Gasteiger partial charge in [0.25, 0.3) is 0 Å². The zero-order valence-electron chi connectivity index (χ0n) is 15.7. The highest BCUT2D eigenvalue weighted by Crippen LogP contribution is 2.18. The summed E-state index contributed by atoms with van der Waals surface area (Å²) in [5, 5.41) is 12.4. The Hall–Kier alpha value is -3.03. The molecule has 0 saturated carbocycles. The second-order valence-corrected chi connectivity index (χ2v) is 8.58. The molecule has 0 aliphatic carbocycles. The lowest BCUT2D eigenvalue weighted by molar-refractivity contribution is -0.127. The normalized spacial score (nSPS) is 11.2. The minimum absolute atomic E-state index is 0.0376. The van der Waals surface area contributed by atoms with Crippen molar-refractivity contribution in [3.8, 4) is 0 Å². The summed E-state index contributed by atoms with van der Waals surface area (Å²) in [6, 6.07) is 18.2. The molecule has 0 spiro atoms. The lowest BCUT2D eigenvalue weighted by Crippen LogP contribution is -2.27. The summed E-state index contributed by atoms with van der Waals surface area (Å²) in [7, 11) is 0. The number of thiophene rings is 2. The van der Waals surface area contributed by atoms with Crippen LogP contribution in [0, 0.1) is 0 Å². The molecule has 146 valence electrons. The van der Waals surface area contributed by atoms with Crippen LogP contribution in [-0.2, 0) is 24.4 Å². The molecule has 1 amide bonds. The molecule has 29 heavy (non-hydrogen) atoms. The second kappa shape index (κ2) is 9.45. The van der Waals surface area contributed by atoms with Crippen LogP contribution in [-0.4, -0.2) is 25.8 Å². The van der Waals surface area contributed by atoms with Gasteiger partial charge in [0, 0.05) is 15.8 Å². The average Bonchev–Trinajstić information content (AvgIpc) is 3.50. The molecule has 0 bridgehead atoms. The zero-order chi connectivity index (χ0) is 19.9. The fraction of sp³-hybridized carbons (Fsp3) is 0.136. The van der Waals surface area contributed by atoms with Gasteiger partial charge in [-0.1, -0.05) is 47.7 Å². The third-order valence-electron chi connectivity index (χ3n) is 4.31. The number of amides is 1. The van der Waals surface area contributed by atoms with Gasteiger partial charge in [0.05, 0.1) is 25.8 Å². The Morgan fingerprint density at radius 3 is 2.28 bits per heavy atom. The monoisotopic (exact) mass is 420 g/mol. The van der Waals surface area contributed by atoms with E-state index in [4.69, 9.17) is 0 Å². The van der Waals surface area contributed by atoms with E-state index in [9.17, 15) is 4.79 Å². The molecule has 1 aromatic carbocycles. The van der Waals surface area contributed by atoms with Crippen LogP contribution in [0.2, 0.25) is 0 Å². The first-order chi connectivity index (χ1) is 14.3. The van der Waals surface area contributed by atoms with Crippen LogP contribution in [0.3, 0.4) is 0 Å². The topological polar surface area (TPSA) is 51.0 Å². The van der Waals surface area contributed by atoms with E-state index in [2.05, 4.69) is 22.4 Å². The Bertz CT molecular complexity index is 1020. The number of rotatable bonds is 8. The van der Waals surface area contributed by atoms with Crippen LogP contribution in [0.25, 0.3) is 6.08 Å². The first-order valence-electron chi connectivity index (χ1n) is 9.22. The third-order valence-corrected chi connectivity index (χ3v) is 6.03. The maximum atomic E-state index is 12.9. The largest absolute Gasteiger partial charge is 0.329 e. The van der Waals surface area contributed by atoms with Gasteiger partial charge in [-0.2, -0.15) is 0 Å². The number of hydrogen-bond acceptors (Lipinski definition) is 5. The molecule has 7 heteroatoms. The van der Waals surface area contributed by atoms with E-state index in [-0.39, 0.29) is 5.91 Å². The minimum atomic E-state index is -0.0376. The van der Waals surface area contributed by atoms with Gasteiger partial charge >= 0.3 is 0 Å². The molecule has 0 atom stereocenters. The molecule has 0 radical (unpaired) electrons. The lowest BCUT2D eigenvalue weighted by Gasteiger charge is -2.19. The molecule has 5 nitrogen and oxygen atoms in total. The van der Waals surface area contributed by atoms with Crippen molar-refractivity contribution in [1.29, 1.82) is 0 Å². The first-order valence-corrected chi connectivity index (χ1v) is 11.0. The van der Waals surface area contributed by atoms with Crippen LogP contribution in [0.5, 0.6) is 0 Å². The summed E-state index contributed by atoms with van der Waals surface area (Å²) in [6.07, 6.45) is 5.16. The van der Waals surface area contributed by atoms with Crippen molar-refractivity contribution in [2.24, 2.45) is 0 Å². The van der Waals surface area contributed by atoms with Crippen molar-refractivity contribution in [3.63, 3.8) is 0 Å². The summed E-state index contributed by atoms with van der Waals surface area (Å²) in [5.74, 6) is -0.0376. The van der Waals surface area contributed by atoms with E-state index < -0.39 is 0 Å². The van der Waals surface area contributed by atoms with Crippen molar-refractivity contribution >= 4 is 34.7 Å². The lowest BCUT2D eigenvalue weighted by atomic mass is 10.2. The summed E-state index contributed by atoms with van der Waals surface area (Å²) < 4.78 is 1.77. The van der Waals surface area contributed by atoms with Crippen LogP contribution < -0.4 is 0 Å². The summed E-state index contributed by atoms with van der Waals surface area (Å²) in [6.45, 7) is 1.84. The number of hydrogen-bond donors (Lipinski definition) is 0. The molecule has 0 N–H and O–H groups in total. The van der Waals surface area contributed by atoms with Gasteiger partial charge in [0.15, 0.2) is 0 Å². The molecular formula is C22H20N4OS2. The molecule has 3 heterocycles. The standard InChI is InChI=1S/C22H20N4OS2/c27-22(25(16-20-8-4-12-28-20)17-21-9-5-13-29-21)11-10-19-15-26(24-23-19)14-18-6-2-1-3-7-18/h1-13,15H,14,16-17H2/b11-10+. The van der Waals surface area contributed by atoms with Gasteiger partial charge in [-0.15, -0.1) is 27.8 Å². The molecular weight excluding hydrogens is 400 g/mol. The molecule has 0 fully saturated rings. The maximum Gasteiger partial charge on any atom is 0.247 e. The molecule has 0 aliphatic heterocycles. The number of aromatic nitrogens is 3. The number of carbonyl (C=O) groups excluding carboxylic acids is 1. The van der Waals surface area contributed by atoms with Crippen molar-refractivity contribution in [2.75, 3.05) is 0 Å². The van der Waals surface area contributed by atoms with Crippen molar-refractivity contribution < 1.29 is 4.79 Å². The smallest absolute Gasteiger partial charge is 0.247 e. The first kappa shape index (κ1) is 19.3. The summed E-state index contributed by atoms with van der Waals surface area (Å²) in [5.41, 5.74) is 1.82. The fourth-order valence-electron chi connectivity index (χ4n) is 2.89. The Labute approximate surface area is 177 Å². The van der Waals surface area contributed by atoms with E-state index in [0.717, 1.165) is 15.3 Å². The van der Waals surface area contributed by atoms with E-state index in [1.807, 2.05) is 64.3 Å². The fourth-order valence-corrected chi connectivity index (χ4v) is 4.33. The Morgan fingerprint density at radius 2 is 1.66 bits per heavy atom. The molecule has 0 unspecified atom stereocenters. The molecule has 0 saturated heterocycles. The maximum absolute atomic E-state index is 12.9. The van der Waals surface area contributed by atoms with Crippen molar-refractivity contribution in [2.45, 2.75) is 19.6 Å². The highest BCUT2D eigenvalue weighted by atomic mass is 32.1. The number of benzene rings is 1. The van der Waals surface area contributed by atoms with Crippen molar-refractivity contribution in [3.05, 3.63) is 98.6 Å². The average molecular weight is 421 g/mol. The van der Waals surface area contributed by atoms with Gasteiger partial charge in [-0.25, -0.2) is 4.68 Å². The van der Waals surface area contributed by atoms with Crippen LogP contribution in [0.4, 0.5) is 0 Å². The Kier molecular flexibility index (Phi) is 6.29. The predicted octanol–water partition coefficient (Wildman–Crippen LogP) is 4.69. The molecule has 0 aliphatic rings. The molecule has 4 rings (SSSR count). The van der Waals surface area contributed by atoms with Gasteiger partial charge in [-0.3, -0.25) is 4.79 Å². The minimum Gasteiger partial charge on any atom is -0.329 e. The second-order valence-electron chi connectivity index (χ2n) is 6.51. The summed E-state index contributed by atoms with van der Waals surface area (Å²) in [4.78, 5) is 17.0. The van der Waals surface area contributed by atoms with E-state index in [0.29, 0.717) is 25.3 Å². The van der Waals surface area contributed by atoms with Crippen molar-refractivity contribution in [1.82, 2.24) is 19.9 Å². The van der Waals surface area contributed by atoms with E-state index in [1.54, 1.807) is 39.5 Å². The molecule has 3 aromatic heterocycles. The predicted molar refractivity (Wildman–Crippen MR) is 117 cm³/mol. The van der Waals surface area contributed by atoms with Crippen LogP contribution in [0.1, 0.15) is 21.0 Å². The van der Waals surface area contributed by atoms with Gasteiger partial charge < -0.3 is 4.90 Å². The number of nitrogens with zero attached hydrogens (tertiary/aromatic N) is 4. The highest BCUT2D eigenvalue weighted by Gasteiger charge is 2.13. The Balaban J connectivity index is 1.43. The quantitative estimate of drug-likeness (QED) is 0.389. The third kappa shape index (κ3) is 5.49. The Morgan fingerprint density at radius 1 is 0.966 bits per heavy atom. The van der Waals surface area contributed by atoms with Crippen LogP contribution in [0.15, 0.2) is 77.6 Å². The van der Waals surface area contributed by atoms with Crippen LogP contribution >= 0.6 is 22.7 Å². The van der Waals surface area contributed by atoms with E-state index in [1.165, 1.54) is 0 Å². The summed E-state index contributed by atoms with van der Waals surface area (Å²) >= 11 is 3.32. The highest BCUT2D eigenvalue weighted by molar-refractivity contribution is 7.10. The zero-order valence-corrected chi connectivity index (χ0v) is 17.4. The van der Waals surface area contributed by atoms with Gasteiger partial charge in [0.1, 0.15) is 5.69 Å². The molecule has 4 aromatic rings. The number of carbonyl (C=O) groups is 1. The van der Waals surface area contributed by atoms with Gasteiger partial charge in [0.2, 0.25) is 5.91 Å².